The molecule has 0 aliphatic carbocycles. The second-order valence-electron chi connectivity index (χ2n) is 7.54. The second kappa shape index (κ2) is 8.98. The standard InChI is InChI=1S/C22H30N4O/c1-4-19-12-8-9-15-25(19)22(27)20-13-14-21(24-23-20)26(17(2)3)16-18-10-6-5-7-11-18/h5-7,10-11,13-14,17,19H,4,8-9,12,15-16H2,1-3H3. The van der Waals surface area contributed by atoms with E-state index in [0.717, 1.165) is 38.2 Å². The Hall–Kier alpha value is -2.43. The minimum absolute atomic E-state index is 0.0137. The van der Waals surface area contributed by atoms with Crippen LogP contribution in [0.4, 0.5) is 5.82 Å². The van der Waals surface area contributed by atoms with E-state index in [-0.39, 0.29) is 11.9 Å². The van der Waals surface area contributed by atoms with E-state index in [2.05, 4.69) is 48.0 Å². The molecule has 3 rings (SSSR count). The lowest BCUT2D eigenvalue weighted by Gasteiger charge is -2.35. The van der Waals surface area contributed by atoms with Crippen molar-refractivity contribution in [3.63, 3.8) is 0 Å². The molecule has 0 bridgehead atoms. The quantitative estimate of drug-likeness (QED) is 0.765. The molecule has 1 amide bonds. The third-order valence-electron chi connectivity index (χ3n) is 5.34. The average molecular weight is 367 g/mol. The number of benzene rings is 1. The number of carbonyl (C=O) groups excluding carboxylic acids is 1. The Morgan fingerprint density at radius 1 is 1.15 bits per heavy atom. The van der Waals surface area contributed by atoms with Gasteiger partial charge >= 0.3 is 0 Å². The number of hydrogen-bond acceptors (Lipinski definition) is 4. The molecule has 1 aliphatic rings. The monoisotopic (exact) mass is 366 g/mol. The molecule has 0 N–H and O–H groups in total. The zero-order valence-corrected chi connectivity index (χ0v) is 16.6. The third-order valence-corrected chi connectivity index (χ3v) is 5.34. The molecule has 27 heavy (non-hydrogen) atoms. The summed E-state index contributed by atoms with van der Waals surface area (Å²) < 4.78 is 0. The molecule has 1 unspecified atom stereocenters. The van der Waals surface area contributed by atoms with Crippen molar-refractivity contribution in [2.45, 2.75) is 65.1 Å². The van der Waals surface area contributed by atoms with Crippen molar-refractivity contribution in [2.75, 3.05) is 11.4 Å². The lowest BCUT2D eigenvalue weighted by atomic mass is 9.99. The Morgan fingerprint density at radius 3 is 2.56 bits per heavy atom. The Bertz CT molecular complexity index is 730. The van der Waals surface area contributed by atoms with Crippen LogP contribution in [0.25, 0.3) is 0 Å². The summed E-state index contributed by atoms with van der Waals surface area (Å²) in [4.78, 5) is 17.1. The van der Waals surface area contributed by atoms with Crippen molar-refractivity contribution >= 4 is 11.7 Å². The van der Waals surface area contributed by atoms with Gasteiger partial charge in [-0.25, -0.2) is 0 Å². The van der Waals surface area contributed by atoms with E-state index >= 15 is 0 Å². The summed E-state index contributed by atoms with van der Waals surface area (Å²) in [6, 6.07) is 14.7. The average Bonchev–Trinajstić information content (AvgIpc) is 2.72. The molecule has 1 aliphatic heterocycles. The molecule has 1 atom stereocenters. The number of likely N-dealkylation sites (tertiary alicyclic amines) is 1. The third kappa shape index (κ3) is 4.65. The second-order valence-corrected chi connectivity index (χ2v) is 7.54. The van der Waals surface area contributed by atoms with Crippen LogP contribution in [-0.4, -0.2) is 39.6 Å². The van der Waals surface area contributed by atoms with Crippen LogP contribution in [0, 0.1) is 0 Å². The van der Waals surface area contributed by atoms with E-state index in [9.17, 15) is 4.79 Å². The van der Waals surface area contributed by atoms with Gasteiger partial charge in [0.05, 0.1) is 0 Å². The van der Waals surface area contributed by atoms with E-state index in [4.69, 9.17) is 0 Å². The Labute approximate surface area is 162 Å². The fourth-order valence-corrected chi connectivity index (χ4v) is 3.74. The SMILES string of the molecule is CCC1CCCCN1C(=O)c1ccc(N(Cc2ccccc2)C(C)C)nn1. The van der Waals surface area contributed by atoms with Gasteiger partial charge in [-0.15, -0.1) is 10.2 Å². The first-order valence-corrected chi connectivity index (χ1v) is 10.1. The highest BCUT2D eigenvalue weighted by Crippen LogP contribution is 2.22. The molecule has 1 saturated heterocycles. The number of nitrogens with zero attached hydrogens (tertiary/aromatic N) is 4. The van der Waals surface area contributed by atoms with Gasteiger partial charge in [0.1, 0.15) is 0 Å². The highest BCUT2D eigenvalue weighted by Gasteiger charge is 2.27. The van der Waals surface area contributed by atoms with E-state index < -0.39 is 0 Å². The van der Waals surface area contributed by atoms with Crippen LogP contribution in [0.1, 0.15) is 62.5 Å². The first kappa shape index (κ1) is 19.3. The molecule has 1 fully saturated rings. The van der Waals surface area contributed by atoms with E-state index in [1.54, 1.807) is 0 Å². The maximum absolute atomic E-state index is 12.9. The first-order valence-electron chi connectivity index (χ1n) is 10.1. The van der Waals surface area contributed by atoms with Gasteiger partial charge < -0.3 is 9.80 Å². The Balaban J connectivity index is 1.75. The van der Waals surface area contributed by atoms with Gasteiger partial charge in [-0.2, -0.15) is 0 Å². The van der Waals surface area contributed by atoms with E-state index in [0.29, 0.717) is 11.7 Å². The van der Waals surface area contributed by atoms with Gasteiger partial charge in [-0.05, 0) is 57.2 Å². The fourth-order valence-electron chi connectivity index (χ4n) is 3.74. The van der Waals surface area contributed by atoms with Crippen LogP contribution in [0.2, 0.25) is 0 Å². The van der Waals surface area contributed by atoms with Crippen molar-refractivity contribution in [1.29, 1.82) is 0 Å². The van der Waals surface area contributed by atoms with Gasteiger partial charge in [0.25, 0.3) is 5.91 Å². The molecule has 0 spiro atoms. The lowest BCUT2D eigenvalue weighted by Crippen LogP contribution is -2.43. The number of hydrogen-bond donors (Lipinski definition) is 0. The summed E-state index contributed by atoms with van der Waals surface area (Å²) in [5, 5.41) is 8.68. The van der Waals surface area contributed by atoms with Gasteiger partial charge in [0, 0.05) is 25.2 Å². The molecular formula is C22H30N4O. The minimum atomic E-state index is 0.0137. The smallest absolute Gasteiger partial charge is 0.274 e. The van der Waals surface area contributed by atoms with Crippen LogP contribution < -0.4 is 4.90 Å². The number of anilines is 1. The Kier molecular flexibility index (Phi) is 6.43. The molecule has 1 aromatic heterocycles. The van der Waals surface area contributed by atoms with Crippen molar-refractivity contribution < 1.29 is 4.79 Å². The van der Waals surface area contributed by atoms with Crippen LogP contribution in [0.15, 0.2) is 42.5 Å². The molecule has 144 valence electrons. The number of aromatic nitrogens is 2. The van der Waals surface area contributed by atoms with Gasteiger partial charge in [-0.1, -0.05) is 37.3 Å². The summed E-state index contributed by atoms with van der Waals surface area (Å²) in [6.07, 6.45) is 4.36. The molecule has 0 radical (unpaired) electrons. The summed E-state index contributed by atoms with van der Waals surface area (Å²) in [5.74, 6) is 0.816. The van der Waals surface area contributed by atoms with Crippen molar-refractivity contribution in [3.8, 4) is 0 Å². The molecule has 2 heterocycles. The van der Waals surface area contributed by atoms with Crippen molar-refractivity contribution in [3.05, 3.63) is 53.7 Å². The first-order chi connectivity index (χ1) is 13.1. The number of carbonyl (C=O) groups is 1. The largest absolute Gasteiger partial charge is 0.348 e. The summed E-state index contributed by atoms with van der Waals surface area (Å²) in [6.45, 7) is 8.03. The maximum Gasteiger partial charge on any atom is 0.274 e. The number of piperidine rings is 1. The van der Waals surface area contributed by atoms with Gasteiger partial charge in [-0.3, -0.25) is 4.79 Å². The van der Waals surface area contributed by atoms with E-state index in [1.165, 1.54) is 12.0 Å². The number of amides is 1. The lowest BCUT2D eigenvalue weighted by molar-refractivity contribution is 0.0600. The maximum atomic E-state index is 12.9. The van der Waals surface area contributed by atoms with Crippen LogP contribution >= 0.6 is 0 Å². The molecule has 1 aromatic carbocycles. The van der Waals surface area contributed by atoms with Crippen LogP contribution in [-0.2, 0) is 6.54 Å². The highest BCUT2D eigenvalue weighted by atomic mass is 16.2. The van der Waals surface area contributed by atoms with Crippen LogP contribution in [0.5, 0.6) is 0 Å². The summed E-state index contributed by atoms with van der Waals surface area (Å²) in [7, 11) is 0. The van der Waals surface area contributed by atoms with Crippen LogP contribution in [0.3, 0.4) is 0 Å². The zero-order chi connectivity index (χ0) is 19.2. The predicted octanol–water partition coefficient (Wildman–Crippen LogP) is 4.30. The molecule has 2 aromatic rings. The normalized spacial score (nSPS) is 17.2. The van der Waals surface area contributed by atoms with Crippen molar-refractivity contribution in [2.24, 2.45) is 0 Å². The Morgan fingerprint density at radius 2 is 1.93 bits per heavy atom. The minimum Gasteiger partial charge on any atom is -0.348 e. The number of rotatable bonds is 6. The topological polar surface area (TPSA) is 49.3 Å². The van der Waals surface area contributed by atoms with Gasteiger partial charge in [0.15, 0.2) is 11.5 Å². The fraction of sp³-hybridized carbons (Fsp3) is 0.500. The summed E-state index contributed by atoms with van der Waals surface area (Å²) in [5.41, 5.74) is 1.68. The molecule has 5 heteroatoms. The molecular weight excluding hydrogens is 336 g/mol. The summed E-state index contributed by atoms with van der Waals surface area (Å²) >= 11 is 0. The van der Waals surface area contributed by atoms with E-state index in [1.807, 2.05) is 35.2 Å². The van der Waals surface area contributed by atoms with Gasteiger partial charge in [0.2, 0.25) is 0 Å². The van der Waals surface area contributed by atoms with Crippen molar-refractivity contribution in [1.82, 2.24) is 15.1 Å². The molecule has 0 saturated carbocycles. The molecule has 5 nitrogen and oxygen atoms in total. The zero-order valence-electron chi connectivity index (χ0n) is 16.6. The highest BCUT2D eigenvalue weighted by molar-refractivity contribution is 5.92. The predicted molar refractivity (Wildman–Crippen MR) is 109 cm³/mol.